The summed E-state index contributed by atoms with van der Waals surface area (Å²) in [6.07, 6.45) is 8.00. The van der Waals surface area contributed by atoms with Crippen molar-refractivity contribution in [1.82, 2.24) is 0 Å². The van der Waals surface area contributed by atoms with Gasteiger partial charge in [-0.25, -0.2) is 0 Å². The second-order valence-electron chi connectivity index (χ2n) is 1.57. The summed E-state index contributed by atoms with van der Waals surface area (Å²) in [4.78, 5) is 0. The van der Waals surface area contributed by atoms with E-state index in [2.05, 4.69) is 13.3 Å². The maximum absolute atomic E-state index is 3.25. The summed E-state index contributed by atoms with van der Waals surface area (Å²) in [5.41, 5.74) is 0. The summed E-state index contributed by atoms with van der Waals surface area (Å²) in [5.74, 6) is 0. The zero-order chi connectivity index (χ0) is 5.54. The van der Waals surface area contributed by atoms with Crippen LogP contribution in [-0.4, -0.2) is 0 Å². The molecule has 0 spiro atoms. The molecular weight excluding hydrogens is 268 g/mol. The largest absolute Gasteiger partial charge is 2.00 e. The molecule has 0 aliphatic heterocycles. The Hall–Kier alpha value is 0.688. The first-order chi connectivity index (χ1) is 3.50. The van der Waals surface area contributed by atoms with E-state index in [-0.39, 0.29) is 21.1 Å². The molecule has 1 aliphatic rings. The number of hydrogen-bond acceptors (Lipinski definition) is 0. The maximum atomic E-state index is 3.25. The summed E-state index contributed by atoms with van der Waals surface area (Å²) in [7, 11) is 0. The standard InChI is InChI=1S/C5H9.C2H5.W/c1-2-4-5-3-1;1-2;/h1H,2-5H2;1H2,2H3;/q2*-1;+2. The van der Waals surface area contributed by atoms with Gasteiger partial charge >= 0.3 is 21.1 Å². The molecule has 0 saturated heterocycles. The summed E-state index contributed by atoms with van der Waals surface area (Å²) >= 11 is 0. The molecule has 0 amide bonds. The van der Waals surface area contributed by atoms with E-state index in [1.54, 1.807) is 6.92 Å². The first-order valence-corrected chi connectivity index (χ1v) is 3.02. The van der Waals surface area contributed by atoms with Gasteiger partial charge in [0.1, 0.15) is 0 Å². The molecule has 1 aliphatic carbocycles. The minimum absolute atomic E-state index is 0. The Morgan fingerprint density at radius 3 is 1.62 bits per heavy atom. The third-order valence-corrected chi connectivity index (χ3v) is 1.07. The fourth-order valence-corrected chi connectivity index (χ4v) is 0.722. The average molecular weight is 282 g/mol. The van der Waals surface area contributed by atoms with E-state index in [1.807, 2.05) is 0 Å². The van der Waals surface area contributed by atoms with Gasteiger partial charge in [0.2, 0.25) is 0 Å². The Balaban J connectivity index is 0. The molecule has 8 heavy (non-hydrogen) atoms. The van der Waals surface area contributed by atoms with Crippen LogP contribution in [-0.2, 0) is 21.1 Å². The van der Waals surface area contributed by atoms with Crippen molar-refractivity contribution in [3.05, 3.63) is 13.3 Å². The summed E-state index contributed by atoms with van der Waals surface area (Å²) in [6.45, 7) is 5.00. The van der Waals surface area contributed by atoms with Crippen molar-refractivity contribution in [1.29, 1.82) is 0 Å². The molecule has 0 atom stereocenters. The molecule has 48 valence electrons. The first kappa shape index (κ1) is 11.5. The van der Waals surface area contributed by atoms with Crippen LogP contribution in [0.2, 0.25) is 0 Å². The normalized spacial score (nSPS) is 15.8. The van der Waals surface area contributed by atoms with E-state index in [9.17, 15) is 0 Å². The van der Waals surface area contributed by atoms with Crippen LogP contribution in [0.25, 0.3) is 0 Å². The van der Waals surface area contributed by atoms with Gasteiger partial charge in [-0.2, -0.15) is 19.8 Å². The molecule has 0 aromatic rings. The molecule has 0 heterocycles. The van der Waals surface area contributed by atoms with Crippen LogP contribution < -0.4 is 0 Å². The molecule has 0 unspecified atom stereocenters. The van der Waals surface area contributed by atoms with Gasteiger partial charge in [-0.05, 0) is 0 Å². The van der Waals surface area contributed by atoms with Gasteiger partial charge in [0.15, 0.2) is 0 Å². The summed E-state index contributed by atoms with van der Waals surface area (Å²) < 4.78 is 0. The van der Waals surface area contributed by atoms with Crippen LogP contribution in [0.15, 0.2) is 0 Å². The molecule has 1 fully saturated rings. The smallest absolute Gasteiger partial charge is 0.346 e. The Kier molecular flexibility index (Phi) is 15.3. The van der Waals surface area contributed by atoms with E-state index in [4.69, 9.17) is 0 Å². The maximum Gasteiger partial charge on any atom is 2.00 e. The number of rotatable bonds is 0. The third kappa shape index (κ3) is 6.69. The zero-order valence-electron chi connectivity index (χ0n) is 5.52. The molecule has 1 saturated carbocycles. The van der Waals surface area contributed by atoms with E-state index in [1.165, 1.54) is 25.7 Å². The van der Waals surface area contributed by atoms with Crippen LogP contribution in [0.1, 0.15) is 32.6 Å². The van der Waals surface area contributed by atoms with Gasteiger partial charge in [0.05, 0.1) is 0 Å². The zero-order valence-corrected chi connectivity index (χ0v) is 8.45. The van der Waals surface area contributed by atoms with Gasteiger partial charge in [-0.15, -0.1) is 0 Å². The van der Waals surface area contributed by atoms with E-state index >= 15 is 0 Å². The van der Waals surface area contributed by atoms with Crippen LogP contribution in [0.4, 0.5) is 0 Å². The van der Waals surface area contributed by atoms with Crippen molar-refractivity contribution in [3.63, 3.8) is 0 Å². The summed E-state index contributed by atoms with van der Waals surface area (Å²) in [6, 6.07) is 0. The molecule has 0 bridgehead atoms. The van der Waals surface area contributed by atoms with Gasteiger partial charge < -0.3 is 13.3 Å². The van der Waals surface area contributed by atoms with Crippen LogP contribution in [0, 0.1) is 13.3 Å². The molecule has 0 nitrogen and oxygen atoms in total. The monoisotopic (exact) mass is 282 g/mol. The van der Waals surface area contributed by atoms with Crippen molar-refractivity contribution in [2.45, 2.75) is 32.6 Å². The van der Waals surface area contributed by atoms with Gasteiger partial charge in [-0.3, -0.25) is 0 Å². The molecular formula is C7H14W. The Morgan fingerprint density at radius 1 is 1.12 bits per heavy atom. The van der Waals surface area contributed by atoms with Crippen molar-refractivity contribution < 1.29 is 21.1 Å². The SMILES string of the molecule is [CH-]1CCCC1.[CH2-]C.[W+2]. The van der Waals surface area contributed by atoms with Crippen LogP contribution >= 0.6 is 0 Å². The topological polar surface area (TPSA) is 0 Å². The van der Waals surface area contributed by atoms with Crippen molar-refractivity contribution in [2.24, 2.45) is 0 Å². The Bertz CT molecular complexity index is 16.0. The summed E-state index contributed by atoms with van der Waals surface area (Å²) in [5, 5.41) is 0. The van der Waals surface area contributed by atoms with Crippen LogP contribution in [0.5, 0.6) is 0 Å². The molecule has 1 rings (SSSR count). The predicted molar refractivity (Wildman–Crippen MR) is 33.8 cm³/mol. The quantitative estimate of drug-likeness (QED) is 0.599. The second-order valence-corrected chi connectivity index (χ2v) is 1.57. The average Bonchev–Trinajstić information content (AvgIpc) is 2.23. The first-order valence-electron chi connectivity index (χ1n) is 3.02. The molecule has 1 heteroatoms. The minimum atomic E-state index is 0. The fourth-order valence-electron chi connectivity index (χ4n) is 0.722. The third-order valence-electron chi connectivity index (χ3n) is 1.07. The second kappa shape index (κ2) is 10.6. The van der Waals surface area contributed by atoms with Crippen molar-refractivity contribution >= 4 is 0 Å². The van der Waals surface area contributed by atoms with Crippen molar-refractivity contribution in [3.8, 4) is 0 Å². The minimum Gasteiger partial charge on any atom is -0.346 e. The Morgan fingerprint density at radius 2 is 1.50 bits per heavy atom. The van der Waals surface area contributed by atoms with Gasteiger partial charge in [0, 0.05) is 0 Å². The van der Waals surface area contributed by atoms with E-state index in [0.717, 1.165) is 0 Å². The van der Waals surface area contributed by atoms with E-state index in [0.29, 0.717) is 0 Å². The fraction of sp³-hybridized carbons (Fsp3) is 0.714. The molecule has 0 aromatic heterocycles. The van der Waals surface area contributed by atoms with Crippen LogP contribution in [0.3, 0.4) is 0 Å². The molecule has 0 radical (unpaired) electrons. The van der Waals surface area contributed by atoms with Gasteiger partial charge in [-0.1, -0.05) is 12.8 Å². The molecule has 0 N–H and O–H groups in total. The molecule has 0 aromatic carbocycles. The predicted octanol–water partition coefficient (Wildman–Crippen LogP) is 2.60. The van der Waals surface area contributed by atoms with Gasteiger partial charge in [0.25, 0.3) is 0 Å². The number of hydrogen-bond donors (Lipinski definition) is 0. The van der Waals surface area contributed by atoms with E-state index < -0.39 is 0 Å². The Labute approximate surface area is 67.3 Å². The van der Waals surface area contributed by atoms with Crippen molar-refractivity contribution in [2.75, 3.05) is 0 Å².